The zero-order valence-electron chi connectivity index (χ0n) is 17.1. The summed E-state index contributed by atoms with van der Waals surface area (Å²) in [5, 5.41) is 12.0. The van der Waals surface area contributed by atoms with Crippen LogP contribution in [0.15, 0.2) is 52.8 Å². The molecule has 3 amide bonds. The van der Waals surface area contributed by atoms with Gasteiger partial charge in [0.15, 0.2) is 12.1 Å². The van der Waals surface area contributed by atoms with Crippen LogP contribution in [-0.4, -0.2) is 41.4 Å². The van der Waals surface area contributed by atoms with Crippen molar-refractivity contribution in [3.8, 4) is 0 Å². The highest BCUT2D eigenvalue weighted by molar-refractivity contribution is 6.25. The van der Waals surface area contributed by atoms with E-state index in [1.165, 1.54) is 10.6 Å². The Morgan fingerprint density at radius 1 is 1.03 bits per heavy atom. The second-order valence-corrected chi connectivity index (χ2v) is 7.57. The molecular weight excluding hydrogens is 382 g/mol. The van der Waals surface area contributed by atoms with Gasteiger partial charge in [0.2, 0.25) is 5.91 Å². The van der Waals surface area contributed by atoms with Gasteiger partial charge in [-0.3, -0.25) is 19.4 Å². The highest BCUT2D eigenvalue weighted by atomic mass is 16.2. The number of hydrogen-bond donors (Lipinski definition) is 1. The van der Waals surface area contributed by atoms with Crippen molar-refractivity contribution in [3.63, 3.8) is 0 Å². The molecule has 1 saturated heterocycles. The largest absolute Gasteiger partial charge is 0.324 e. The second kappa shape index (κ2) is 7.70. The SMILES string of the molecule is CCc1ccc(NC(=O)CN2N=NC3C(=O)N(c4ccc(C)c(C)c4)C(=O)C32)cc1. The number of nitrogens with zero attached hydrogens (tertiary/aromatic N) is 4. The van der Waals surface area contributed by atoms with Gasteiger partial charge in [-0.05, 0) is 61.2 Å². The van der Waals surface area contributed by atoms with Crippen LogP contribution in [0.25, 0.3) is 0 Å². The molecule has 154 valence electrons. The van der Waals surface area contributed by atoms with Crippen molar-refractivity contribution in [2.75, 3.05) is 16.8 Å². The topological polar surface area (TPSA) is 94.4 Å². The molecule has 2 aliphatic rings. The maximum atomic E-state index is 13.0. The van der Waals surface area contributed by atoms with Crippen LogP contribution >= 0.6 is 0 Å². The fourth-order valence-electron chi connectivity index (χ4n) is 3.64. The molecule has 1 N–H and O–H groups in total. The van der Waals surface area contributed by atoms with Crippen molar-refractivity contribution in [2.45, 2.75) is 39.3 Å². The number of carbonyl (C=O) groups is 3. The number of aryl methyl sites for hydroxylation is 3. The first kappa shape index (κ1) is 19.8. The molecule has 2 unspecified atom stereocenters. The Morgan fingerprint density at radius 3 is 2.43 bits per heavy atom. The molecule has 2 aromatic rings. The Labute approximate surface area is 174 Å². The molecule has 8 heteroatoms. The van der Waals surface area contributed by atoms with E-state index >= 15 is 0 Å². The molecule has 30 heavy (non-hydrogen) atoms. The van der Waals surface area contributed by atoms with Gasteiger partial charge in [0.1, 0.15) is 6.54 Å². The second-order valence-electron chi connectivity index (χ2n) is 7.57. The predicted octanol–water partition coefficient (Wildman–Crippen LogP) is 2.80. The molecule has 4 rings (SSSR count). The summed E-state index contributed by atoms with van der Waals surface area (Å²) >= 11 is 0. The summed E-state index contributed by atoms with van der Waals surface area (Å²) in [4.78, 5) is 39.4. The lowest BCUT2D eigenvalue weighted by molar-refractivity contribution is -0.123. The molecule has 2 atom stereocenters. The summed E-state index contributed by atoms with van der Waals surface area (Å²) in [6.07, 6.45) is 0.915. The summed E-state index contributed by atoms with van der Waals surface area (Å²) in [6, 6.07) is 11.2. The smallest absolute Gasteiger partial charge is 0.263 e. The Balaban J connectivity index is 1.47. The number of nitrogens with one attached hydrogen (secondary N) is 1. The zero-order valence-corrected chi connectivity index (χ0v) is 17.1. The molecule has 0 bridgehead atoms. The zero-order chi connectivity index (χ0) is 21.4. The van der Waals surface area contributed by atoms with Crippen molar-refractivity contribution in [1.29, 1.82) is 0 Å². The lowest BCUT2D eigenvalue weighted by Gasteiger charge is -2.20. The Hall–Kier alpha value is -3.55. The van der Waals surface area contributed by atoms with Gasteiger partial charge in [-0.15, -0.1) is 0 Å². The van der Waals surface area contributed by atoms with E-state index in [0.29, 0.717) is 11.4 Å². The van der Waals surface area contributed by atoms with E-state index in [2.05, 4.69) is 22.6 Å². The summed E-state index contributed by atoms with van der Waals surface area (Å²) in [5.74, 6) is -1.17. The standard InChI is InChI=1S/C22H23N5O3/c1-4-15-6-8-16(9-7-15)23-18(28)12-26-20-19(24-25-26)21(29)27(22(20)30)17-10-5-13(2)14(3)11-17/h5-11,19-20H,4,12H2,1-3H3,(H,23,28). The summed E-state index contributed by atoms with van der Waals surface area (Å²) in [7, 11) is 0. The van der Waals surface area contributed by atoms with E-state index in [0.717, 1.165) is 22.4 Å². The third-order valence-corrected chi connectivity index (χ3v) is 5.56. The normalized spacial score (nSPS) is 20.1. The molecule has 2 heterocycles. The number of anilines is 2. The lowest BCUT2D eigenvalue weighted by Crippen LogP contribution is -2.43. The van der Waals surface area contributed by atoms with Gasteiger partial charge in [0, 0.05) is 5.69 Å². The Morgan fingerprint density at radius 2 is 1.77 bits per heavy atom. The predicted molar refractivity (Wildman–Crippen MR) is 112 cm³/mol. The van der Waals surface area contributed by atoms with Gasteiger partial charge in [0.05, 0.1) is 5.69 Å². The van der Waals surface area contributed by atoms with Crippen LogP contribution in [0.3, 0.4) is 0 Å². The van der Waals surface area contributed by atoms with Crippen LogP contribution in [0.1, 0.15) is 23.6 Å². The van der Waals surface area contributed by atoms with E-state index in [9.17, 15) is 14.4 Å². The van der Waals surface area contributed by atoms with Gasteiger partial charge >= 0.3 is 0 Å². The lowest BCUT2D eigenvalue weighted by atomic mass is 10.1. The van der Waals surface area contributed by atoms with Crippen LogP contribution in [0.5, 0.6) is 0 Å². The number of fused-ring (bicyclic) bond motifs is 1. The summed E-state index contributed by atoms with van der Waals surface area (Å²) in [5.41, 5.74) is 4.40. The maximum absolute atomic E-state index is 13.0. The number of imide groups is 1. The molecule has 0 radical (unpaired) electrons. The van der Waals surface area contributed by atoms with Crippen LogP contribution in [0.4, 0.5) is 11.4 Å². The van der Waals surface area contributed by atoms with Crippen molar-refractivity contribution in [1.82, 2.24) is 5.01 Å². The molecule has 0 spiro atoms. The molecule has 2 aliphatic heterocycles. The quantitative estimate of drug-likeness (QED) is 0.774. The van der Waals surface area contributed by atoms with E-state index in [1.807, 2.05) is 44.2 Å². The molecular formula is C22H23N5O3. The van der Waals surface area contributed by atoms with Gasteiger partial charge in [-0.2, -0.15) is 5.11 Å². The minimum Gasteiger partial charge on any atom is -0.324 e. The molecule has 0 saturated carbocycles. The molecule has 1 fully saturated rings. The minimum atomic E-state index is -0.921. The van der Waals surface area contributed by atoms with Crippen molar-refractivity contribution in [2.24, 2.45) is 10.3 Å². The van der Waals surface area contributed by atoms with Crippen LogP contribution in [0.2, 0.25) is 0 Å². The minimum absolute atomic E-state index is 0.167. The Kier molecular flexibility index (Phi) is 5.07. The van der Waals surface area contributed by atoms with Gasteiger partial charge in [0.25, 0.3) is 11.8 Å². The third kappa shape index (κ3) is 3.45. The molecule has 0 aliphatic carbocycles. The number of carbonyl (C=O) groups excluding carboxylic acids is 3. The van der Waals surface area contributed by atoms with Crippen molar-refractivity contribution >= 4 is 29.1 Å². The molecule has 8 nitrogen and oxygen atoms in total. The van der Waals surface area contributed by atoms with Crippen LogP contribution in [0, 0.1) is 13.8 Å². The maximum Gasteiger partial charge on any atom is 0.263 e. The van der Waals surface area contributed by atoms with Crippen molar-refractivity contribution in [3.05, 3.63) is 59.2 Å². The number of benzene rings is 2. The fraction of sp³-hybridized carbons (Fsp3) is 0.318. The first-order chi connectivity index (χ1) is 14.4. The monoisotopic (exact) mass is 405 g/mol. The van der Waals surface area contributed by atoms with Crippen LogP contribution < -0.4 is 10.2 Å². The van der Waals surface area contributed by atoms with Crippen molar-refractivity contribution < 1.29 is 14.4 Å². The summed E-state index contributed by atoms with van der Waals surface area (Å²) < 4.78 is 0. The number of hydrogen-bond acceptors (Lipinski definition) is 6. The number of rotatable bonds is 5. The Bertz CT molecular complexity index is 1050. The van der Waals surface area contributed by atoms with E-state index < -0.39 is 23.9 Å². The average molecular weight is 405 g/mol. The number of amides is 3. The van der Waals surface area contributed by atoms with E-state index in [-0.39, 0.29) is 12.5 Å². The summed E-state index contributed by atoms with van der Waals surface area (Å²) in [6.45, 7) is 5.78. The van der Waals surface area contributed by atoms with Gasteiger partial charge in [-0.25, -0.2) is 4.90 Å². The molecule has 0 aromatic heterocycles. The van der Waals surface area contributed by atoms with Gasteiger partial charge in [-0.1, -0.05) is 30.3 Å². The fourth-order valence-corrected chi connectivity index (χ4v) is 3.64. The highest BCUT2D eigenvalue weighted by Crippen LogP contribution is 2.32. The molecule has 2 aromatic carbocycles. The third-order valence-electron chi connectivity index (χ3n) is 5.56. The van der Waals surface area contributed by atoms with Crippen LogP contribution in [-0.2, 0) is 20.8 Å². The van der Waals surface area contributed by atoms with E-state index in [1.54, 1.807) is 12.1 Å². The van der Waals surface area contributed by atoms with Gasteiger partial charge < -0.3 is 5.32 Å². The van der Waals surface area contributed by atoms with E-state index in [4.69, 9.17) is 0 Å². The first-order valence-corrected chi connectivity index (χ1v) is 9.90. The first-order valence-electron chi connectivity index (χ1n) is 9.90. The average Bonchev–Trinajstić information content (AvgIpc) is 3.24. The highest BCUT2D eigenvalue weighted by Gasteiger charge is 2.55.